The normalized spacial score (nSPS) is 11.8. The van der Waals surface area contributed by atoms with E-state index in [4.69, 9.17) is 4.74 Å². The first kappa shape index (κ1) is 21.5. The summed E-state index contributed by atoms with van der Waals surface area (Å²) in [6.45, 7) is 6.34. The summed E-state index contributed by atoms with van der Waals surface area (Å²) in [6.07, 6.45) is 0.678. The van der Waals surface area contributed by atoms with Crippen LogP contribution in [0.3, 0.4) is 0 Å². The summed E-state index contributed by atoms with van der Waals surface area (Å²) >= 11 is 0. The van der Waals surface area contributed by atoms with Crippen molar-refractivity contribution < 1.29 is 14.3 Å². The molecule has 2 rings (SSSR count). The van der Waals surface area contributed by atoms with Gasteiger partial charge in [0.1, 0.15) is 11.8 Å². The van der Waals surface area contributed by atoms with Crippen molar-refractivity contribution in [3.8, 4) is 5.75 Å². The number of amides is 2. The number of hydrogen-bond donors (Lipinski definition) is 1. The van der Waals surface area contributed by atoms with Crippen molar-refractivity contribution in [1.82, 2.24) is 10.2 Å². The second-order valence-electron chi connectivity index (χ2n) is 7.13. The van der Waals surface area contributed by atoms with E-state index in [1.165, 1.54) is 5.56 Å². The minimum absolute atomic E-state index is 0.100. The van der Waals surface area contributed by atoms with Crippen molar-refractivity contribution in [3.63, 3.8) is 0 Å². The number of rotatable bonds is 9. The average molecular weight is 383 g/mol. The number of carbonyl (C=O) groups is 2. The molecule has 2 aromatic carbocycles. The standard InChI is InChI=1S/C23H30N2O3/c1-17(2)20-10-12-21(13-11-20)28-16-22(26)25(18(3)23(27)24-4)15-14-19-8-6-5-7-9-19/h5-13,17-18H,14-16H2,1-4H3,(H,24,27)/t18-/m1/s1. The number of carbonyl (C=O) groups excluding carboxylic acids is 2. The number of nitrogens with one attached hydrogen (secondary N) is 1. The van der Waals surface area contributed by atoms with Crippen molar-refractivity contribution in [2.75, 3.05) is 20.2 Å². The van der Waals surface area contributed by atoms with Gasteiger partial charge in [-0.1, -0.05) is 56.3 Å². The van der Waals surface area contributed by atoms with E-state index in [0.717, 1.165) is 5.56 Å². The van der Waals surface area contributed by atoms with E-state index in [0.29, 0.717) is 24.6 Å². The van der Waals surface area contributed by atoms with Crippen LogP contribution in [-0.2, 0) is 16.0 Å². The molecule has 1 N–H and O–H groups in total. The molecular formula is C23H30N2O3. The molecule has 0 fully saturated rings. The second kappa shape index (κ2) is 10.5. The molecule has 0 saturated carbocycles. The van der Waals surface area contributed by atoms with Crippen molar-refractivity contribution in [2.45, 2.75) is 39.2 Å². The number of benzene rings is 2. The third-order valence-corrected chi connectivity index (χ3v) is 4.81. The Labute approximate surface area is 167 Å². The Morgan fingerprint density at radius 2 is 1.64 bits per heavy atom. The number of ether oxygens (including phenoxy) is 1. The van der Waals surface area contributed by atoms with Crippen LogP contribution in [-0.4, -0.2) is 43.0 Å². The lowest BCUT2D eigenvalue weighted by atomic mass is 10.0. The molecule has 0 radical (unpaired) electrons. The Balaban J connectivity index is 2.01. The maximum absolute atomic E-state index is 12.8. The first-order chi connectivity index (χ1) is 13.4. The molecule has 0 heterocycles. The molecule has 0 unspecified atom stereocenters. The lowest BCUT2D eigenvalue weighted by Gasteiger charge is -2.28. The molecule has 0 saturated heterocycles. The second-order valence-corrected chi connectivity index (χ2v) is 7.13. The predicted molar refractivity (Wildman–Crippen MR) is 111 cm³/mol. The Morgan fingerprint density at radius 3 is 2.21 bits per heavy atom. The number of nitrogens with zero attached hydrogens (tertiary/aromatic N) is 1. The van der Waals surface area contributed by atoms with Crippen LogP contribution >= 0.6 is 0 Å². The molecule has 150 valence electrons. The summed E-state index contributed by atoms with van der Waals surface area (Å²) in [5.74, 6) is 0.689. The minimum atomic E-state index is -0.562. The molecule has 0 aromatic heterocycles. The van der Waals surface area contributed by atoms with Crippen LogP contribution in [0.2, 0.25) is 0 Å². The Kier molecular flexibility index (Phi) is 8.05. The van der Waals surface area contributed by atoms with Crippen LogP contribution in [0.4, 0.5) is 0 Å². The van der Waals surface area contributed by atoms with Gasteiger partial charge in [0.05, 0.1) is 0 Å². The molecule has 1 atom stereocenters. The highest BCUT2D eigenvalue weighted by molar-refractivity contribution is 5.87. The summed E-state index contributed by atoms with van der Waals surface area (Å²) in [5, 5.41) is 2.62. The van der Waals surface area contributed by atoms with E-state index in [9.17, 15) is 9.59 Å². The Morgan fingerprint density at radius 1 is 1.00 bits per heavy atom. The van der Waals surface area contributed by atoms with Gasteiger partial charge in [-0.25, -0.2) is 0 Å². The molecule has 0 aliphatic carbocycles. The third-order valence-electron chi connectivity index (χ3n) is 4.81. The van der Waals surface area contributed by atoms with Gasteiger partial charge in [0.2, 0.25) is 5.91 Å². The summed E-state index contributed by atoms with van der Waals surface area (Å²) < 4.78 is 5.68. The summed E-state index contributed by atoms with van der Waals surface area (Å²) in [5.41, 5.74) is 2.34. The molecule has 0 spiro atoms. The van der Waals surface area contributed by atoms with E-state index >= 15 is 0 Å². The largest absolute Gasteiger partial charge is 0.484 e. The highest BCUT2D eigenvalue weighted by Crippen LogP contribution is 2.18. The molecule has 5 heteroatoms. The van der Waals surface area contributed by atoms with Gasteiger partial charge in [-0.3, -0.25) is 9.59 Å². The quantitative estimate of drug-likeness (QED) is 0.723. The van der Waals surface area contributed by atoms with E-state index in [1.807, 2.05) is 54.6 Å². The fourth-order valence-electron chi connectivity index (χ4n) is 2.96. The molecule has 2 aromatic rings. The van der Waals surface area contributed by atoms with Crippen LogP contribution < -0.4 is 10.1 Å². The molecule has 0 aliphatic heterocycles. The van der Waals surface area contributed by atoms with Gasteiger partial charge < -0.3 is 15.0 Å². The van der Waals surface area contributed by atoms with Crippen LogP contribution in [0, 0.1) is 0 Å². The van der Waals surface area contributed by atoms with Crippen LogP contribution in [0.5, 0.6) is 5.75 Å². The monoisotopic (exact) mass is 382 g/mol. The molecule has 2 amide bonds. The van der Waals surface area contributed by atoms with E-state index in [-0.39, 0.29) is 18.4 Å². The van der Waals surface area contributed by atoms with Crippen LogP contribution in [0.15, 0.2) is 54.6 Å². The van der Waals surface area contributed by atoms with E-state index < -0.39 is 6.04 Å². The SMILES string of the molecule is CNC(=O)[C@@H](C)N(CCc1ccccc1)C(=O)COc1ccc(C(C)C)cc1. The Hall–Kier alpha value is -2.82. The van der Waals surface area contributed by atoms with Gasteiger partial charge in [-0.15, -0.1) is 0 Å². The number of likely N-dealkylation sites (N-methyl/N-ethyl adjacent to an activating group) is 1. The third kappa shape index (κ3) is 6.12. The van der Waals surface area contributed by atoms with E-state index in [1.54, 1.807) is 18.9 Å². The maximum atomic E-state index is 12.8. The van der Waals surface area contributed by atoms with E-state index in [2.05, 4.69) is 19.2 Å². The first-order valence-corrected chi connectivity index (χ1v) is 9.70. The molecule has 0 bridgehead atoms. The molecule has 0 aliphatic rings. The minimum Gasteiger partial charge on any atom is -0.484 e. The zero-order valence-corrected chi connectivity index (χ0v) is 17.1. The summed E-state index contributed by atoms with van der Waals surface area (Å²) in [7, 11) is 1.57. The van der Waals surface area contributed by atoms with Gasteiger partial charge in [0.15, 0.2) is 6.61 Å². The van der Waals surface area contributed by atoms with Crippen LogP contribution in [0.25, 0.3) is 0 Å². The van der Waals surface area contributed by atoms with Gasteiger partial charge in [-0.05, 0) is 42.5 Å². The highest BCUT2D eigenvalue weighted by atomic mass is 16.5. The van der Waals surface area contributed by atoms with Gasteiger partial charge in [-0.2, -0.15) is 0 Å². The number of hydrogen-bond acceptors (Lipinski definition) is 3. The first-order valence-electron chi connectivity index (χ1n) is 9.70. The van der Waals surface area contributed by atoms with Crippen LogP contribution in [0.1, 0.15) is 37.8 Å². The summed E-state index contributed by atoms with van der Waals surface area (Å²) in [6, 6.07) is 17.1. The molecule has 28 heavy (non-hydrogen) atoms. The smallest absolute Gasteiger partial charge is 0.261 e. The molecular weight excluding hydrogens is 352 g/mol. The fourth-order valence-corrected chi connectivity index (χ4v) is 2.96. The zero-order valence-electron chi connectivity index (χ0n) is 17.1. The zero-order chi connectivity index (χ0) is 20.5. The van der Waals surface area contributed by atoms with Gasteiger partial charge in [0, 0.05) is 13.6 Å². The average Bonchev–Trinajstić information content (AvgIpc) is 2.72. The van der Waals surface area contributed by atoms with Crippen molar-refractivity contribution in [3.05, 3.63) is 65.7 Å². The lowest BCUT2D eigenvalue weighted by molar-refractivity contribution is -0.141. The molecule has 5 nitrogen and oxygen atoms in total. The lowest BCUT2D eigenvalue weighted by Crippen LogP contribution is -2.49. The van der Waals surface area contributed by atoms with Crippen molar-refractivity contribution >= 4 is 11.8 Å². The maximum Gasteiger partial charge on any atom is 0.261 e. The van der Waals surface area contributed by atoms with Crippen molar-refractivity contribution in [1.29, 1.82) is 0 Å². The van der Waals surface area contributed by atoms with Gasteiger partial charge >= 0.3 is 0 Å². The van der Waals surface area contributed by atoms with Gasteiger partial charge in [0.25, 0.3) is 5.91 Å². The predicted octanol–water partition coefficient (Wildman–Crippen LogP) is 3.39. The summed E-state index contributed by atoms with van der Waals surface area (Å²) in [4.78, 5) is 26.5. The van der Waals surface area contributed by atoms with Crippen molar-refractivity contribution in [2.24, 2.45) is 0 Å². The Bertz CT molecular complexity index is 757. The topological polar surface area (TPSA) is 58.6 Å². The highest BCUT2D eigenvalue weighted by Gasteiger charge is 2.25. The fraction of sp³-hybridized carbons (Fsp3) is 0.391.